The van der Waals surface area contributed by atoms with Gasteiger partial charge in [0.25, 0.3) is 5.91 Å². The van der Waals surface area contributed by atoms with E-state index in [4.69, 9.17) is 4.74 Å². The van der Waals surface area contributed by atoms with Crippen LogP contribution < -0.4 is 5.32 Å². The average Bonchev–Trinajstić information content (AvgIpc) is 2.94. The van der Waals surface area contributed by atoms with Gasteiger partial charge in [0.1, 0.15) is 11.5 Å². The van der Waals surface area contributed by atoms with Crippen molar-refractivity contribution in [1.82, 2.24) is 15.2 Å². The fraction of sp³-hybridized carbons (Fsp3) is 0.389. The quantitative estimate of drug-likeness (QED) is 0.885. The van der Waals surface area contributed by atoms with Crippen molar-refractivity contribution in [2.24, 2.45) is 0 Å². The standard InChI is InChI=1S/C18H21N3O3S/c1-12-17(25-13(2)20-12)18(23)19-8-15-10-21(16(22)11-24-15)9-14-6-4-3-5-7-14/h3-7,15H,8-11H2,1-2H3,(H,19,23)/t15-/m0/s1. The van der Waals surface area contributed by atoms with Crippen LogP contribution >= 0.6 is 11.3 Å². The summed E-state index contributed by atoms with van der Waals surface area (Å²) >= 11 is 1.38. The fourth-order valence-corrected chi connectivity index (χ4v) is 3.63. The first-order valence-electron chi connectivity index (χ1n) is 8.18. The number of nitrogens with zero attached hydrogens (tertiary/aromatic N) is 2. The van der Waals surface area contributed by atoms with E-state index in [9.17, 15) is 9.59 Å². The van der Waals surface area contributed by atoms with Gasteiger partial charge in [-0.15, -0.1) is 11.3 Å². The van der Waals surface area contributed by atoms with Crippen molar-refractivity contribution >= 4 is 23.2 Å². The Kier molecular flexibility index (Phi) is 5.45. The molecular weight excluding hydrogens is 338 g/mol. The molecule has 0 unspecified atom stereocenters. The highest BCUT2D eigenvalue weighted by Crippen LogP contribution is 2.17. The summed E-state index contributed by atoms with van der Waals surface area (Å²) < 4.78 is 5.56. The average molecular weight is 359 g/mol. The lowest BCUT2D eigenvalue weighted by Gasteiger charge is -2.32. The summed E-state index contributed by atoms with van der Waals surface area (Å²) in [6, 6.07) is 9.85. The highest BCUT2D eigenvalue weighted by Gasteiger charge is 2.27. The maximum atomic E-state index is 12.3. The van der Waals surface area contributed by atoms with Crippen molar-refractivity contribution in [3.8, 4) is 0 Å². The summed E-state index contributed by atoms with van der Waals surface area (Å²) in [7, 11) is 0. The number of benzene rings is 1. The normalized spacial score (nSPS) is 17.6. The van der Waals surface area contributed by atoms with Gasteiger partial charge in [0.15, 0.2) is 0 Å². The molecule has 25 heavy (non-hydrogen) atoms. The molecule has 6 nitrogen and oxygen atoms in total. The molecule has 1 N–H and O–H groups in total. The molecule has 7 heteroatoms. The first-order valence-corrected chi connectivity index (χ1v) is 9.00. The topological polar surface area (TPSA) is 71.5 Å². The van der Waals surface area contributed by atoms with Gasteiger partial charge in [0.2, 0.25) is 5.91 Å². The molecule has 2 amide bonds. The van der Waals surface area contributed by atoms with Crippen molar-refractivity contribution in [3.05, 3.63) is 51.5 Å². The molecule has 1 aliphatic rings. The van der Waals surface area contributed by atoms with E-state index in [-0.39, 0.29) is 24.5 Å². The van der Waals surface area contributed by atoms with Gasteiger partial charge in [-0.05, 0) is 19.4 Å². The Morgan fingerprint density at radius 1 is 1.36 bits per heavy atom. The second kappa shape index (κ2) is 7.76. The molecule has 1 aromatic heterocycles. The van der Waals surface area contributed by atoms with E-state index < -0.39 is 0 Å². The number of morpholine rings is 1. The summed E-state index contributed by atoms with van der Waals surface area (Å²) in [6.07, 6.45) is -0.209. The number of thiazole rings is 1. The summed E-state index contributed by atoms with van der Waals surface area (Å²) in [5.74, 6) is -0.168. The molecule has 1 saturated heterocycles. The van der Waals surface area contributed by atoms with Crippen molar-refractivity contribution in [2.75, 3.05) is 19.7 Å². The van der Waals surface area contributed by atoms with Gasteiger partial charge in [-0.25, -0.2) is 4.98 Å². The molecule has 1 fully saturated rings. The third-order valence-corrected chi connectivity index (χ3v) is 5.11. The number of ether oxygens (including phenoxy) is 1. The Morgan fingerprint density at radius 2 is 2.12 bits per heavy atom. The predicted molar refractivity (Wildman–Crippen MR) is 95.5 cm³/mol. The van der Waals surface area contributed by atoms with E-state index >= 15 is 0 Å². The van der Waals surface area contributed by atoms with Crippen LogP contribution in [0.25, 0.3) is 0 Å². The Morgan fingerprint density at radius 3 is 2.80 bits per heavy atom. The third-order valence-electron chi connectivity index (χ3n) is 4.04. The molecule has 1 aliphatic heterocycles. The summed E-state index contributed by atoms with van der Waals surface area (Å²) in [5, 5.41) is 3.76. The Labute approximate surface area is 150 Å². The van der Waals surface area contributed by atoms with Crippen LogP contribution in [0.1, 0.15) is 25.9 Å². The lowest BCUT2D eigenvalue weighted by molar-refractivity contribution is -0.149. The number of aryl methyl sites for hydroxylation is 2. The van der Waals surface area contributed by atoms with Crippen molar-refractivity contribution in [3.63, 3.8) is 0 Å². The fourth-order valence-electron chi connectivity index (χ4n) is 2.79. The van der Waals surface area contributed by atoms with Gasteiger partial charge in [-0.2, -0.15) is 0 Å². The van der Waals surface area contributed by atoms with Crippen LogP contribution in [0.3, 0.4) is 0 Å². The van der Waals surface area contributed by atoms with Crippen LogP contribution in [0.15, 0.2) is 30.3 Å². The van der Waals surface area contributed by atoms with Crippen LogP contribution in [0.2, 0.25) is 0 Å². The van der Waals surface area contributed by atoms with E-state index in [2.05, 4.69) is 10.3 Å². The van der Waals surface area contributed by atoms with Crippen molar-refractivity contribution in [1.29, 1.82) is 0 Å². The number of nitrogens with one attached hydrogen (secondary N) is 1. The molecule has 0 aliphatic carbocycles. The minimum Gasteiger partial charge on any atom is -0.365 e. The van der Waals surface area contributed by atoms with E-state index in [0.29, 0.717) is 24.5 Å². The SMILES string of the molecule is Cc1nc(C)c(C(=O)NC[C@H]2CN(Cc3ccccc3)C(=O)CO2)s1. The smallest absolute Gasteiger partial charge is 0.263 e. The largest absolute Gasteiger partial charge is 0.365 e. The highest BCUT2D eigenvalue weighted by atomic mass is 32.1. The van der Waals surface area contributed by atoms with Gasteiger partial charge in [-0.1, -0.05) is 30.3 Å². The predicted octanol–water partition coefficient (Wildman–Crippen LogP) is 1.92. The van der Waals surface area contributed by atoms with Crippen LogP contribution in [-0.4, -0.2) is 47.5 Å². The van der Waals surface area contributed by atoms with Crippen LogP contribution in [0, 0.1) is 13.8 Å². The van der Waals surface area contributed by atoms with E-state index in [1.165, 1.54) is 11.3 Å². The Balaban J connectivity index is 1.55. The molecule has 0 saturated carbocycles. The number of hydrogen-bond donors (Lipinski definition) is 1. The lowest BCUT2D eigenvalue weighted by Crippen LogP contribution is -2.50. The number of amides is 2. The second-order valence-electron chi connectivity index (χ2n) is 6.05. The molecule has 0 bridgehead atoms. The van der Waals surface area contributed by atoms with E-state index in [0.717, 1.165) is 16.3 Å². The number of aromatic nitrogens is 1. The maximum absolute atomic E-state index is 12.3. The third kappa shape index (κ3) is 4.43. The first-order chi connectivity index (χ1) is 12.0. The van der Waals surface area contributed by atoms with Gasteiger partial charge in [-0.3, -0.25) is 9.59 Å². The van der Waals surface area contributed by atoms with Crippen LogP contribution in [0.5, 0.6) is 0 Å². The summed E-state index contributed by atoms with van der Waals surface area (Å²) in [6.45, 7) is 5.15. The summed E-state index contributed by atoms with van der Waals surface area (Å²) in [4.78, 5) is 31.0. The molecule has 2 aromatic rings. The highest BCUT2D eigenvalue weighted by molar-refractivity contribution is 7.13. The number of carbonyl (C=O) groups is 2. The number of rotatable bonds is 5. The maximum Gasteiger partial charge on any atom is 0.263 e. The molecule has 1 aromatic carbocycles. The monoisotopic (exact) mass is 359 g/mol. The van der Waals surface area contributed by atoms with Gasteiger partial charge in [0, 0.05) is 19.6 Å². The molecule has 1 atom stereocenters. The van der Waals surface area contributed by atoms with Crippen molar-refractivity contribution < 1.29 is 14.3 Å². The minimum atomic E-state index is -0.209. The number of hydrogen-bond acceptors (Lipinski definition) is 5. The number of carbonyl (C=O) groups excluding carboxylic acids is 2. The minimum absolute atomic E-state index is 0.0274. The molecule has 132 valence electrons. The van der Waals surface area contributed by atoms with Crippen LogP contribution in [0.4, 0.5) is 0 Å². The first kappa shape index (κ1) is 17.6. The second-order valence-corrected chi connectivity index (χ2v) is 7.25. The van der Waals surface area contributed by atoms with Gasteiger partial charge < -0.3 is 15.0 Å². The summed E-state index contributed by atoms with van der Waals surface area (Å²) in [5.41, 5.74) is 1.82. The zero-order valence-corrected chi connectivity index (χ0v) is 15.1. The van der Waals surface area contributed by atoms with E-state index in [1.807, 2.05) is 44.2 Å². The zero-order valence-electron chi connectivity index (χ0n) is 14.3. The zero-order chi connectivity index (χ0) is 17.8. The van der Waals surface area contributed by atoms with Gasteiger partial charge >= 0.3 is 0 Å². The lowest BCUT2D eigenvalue weighted by atomic mass is 10.2. The van der Waals surface area contributed by atoms with Gasteiger partial charge in [0.05, 0.1) is 16.8 Å². The molecule has 0 spiro atoms. The molecule has 0 radical (unpaired) electrons. The van der Waals surface area contributed by atoms with Crippen LogP contribution in [-0.2, 0) is 16.1 Å². The molecule has 3 rings (SSSR count). The molecular formula is C18H21N3O3S. The molecule has 2 heterocycles. The van der Waals surface area contributed by atoms with Crippen molar-refractivity contribution in [2.45, 2.75) is 26.5 Å². The Bertz CT molecular complexity index is 760. The Hall–Kier alpha value is -2.25. The van der Waals surface area contributed by atoms with E-state index in [1.54, 1.807) is 4.90 Å².